The molecule has 0 aliphatic rings. The Labute approximate surface area is 104 Å². The monoisotopic (exact) mass is 288 g/mol. The highest BCUT2D eigenvalue weighted by atomic mass is 32.2. The highest BCUT2D eigenvalue weighted by Crippen LogP contribution is 2.18. The van der Waals surface area contributed by atoms with E-state index < -0.39 is 15.5 Å². The summed E-state index contributed by atoms with van der Waals surface area (Å²) >= 11 is 0. The average molecular weight is 288 g/mol. The summed E-state index contributed by atoms with van der Waals surface area (Å²) in [7, 11) is -3.30. The van der Waals surface area contributed by atoms with Gasteiger partial charge in [-0.3, -0.25) is 0 Å². The molecule has 1 aromatic rings. The molecule has 0 aromatic carbocycles. The number of nitrogens with zero attached hydrogens (tertiary/aromatic N) is 2. The molecule has 1 rings (SSSR count). The number of alkyl halides is 3. The Kier molecular flexibility index (Phi) is 6.33. The van der Waals surface area contributed by atoms with E-state index in [1.807, 2.05) is 7.05 Å². The van der Waals surface area contributed by atoms with Crippen molar-refractivity contribution < 1.29 is 26.2 Å². The normalized spacial score (nSPS) is 11.9. The molecule has 0 atom stereocenters. The Hall–Kier alpha value is -1.09. The summed E-state index contributed by atoms with van der Waals surface area (Å²) in [6.07, 6.45) is 8.82. The van der Waals surface area contributed by atoms with Crippen LogP contribution in [0.5, 0.6) is 0 Å². The molecule has 0 unspecified atom stereocenters. The molecule has 106 valence electrons. The van der Waals surface area contributed by atoms with E-state index in [1.54, 1.807) is 0 Å². The van der Waals surface area contributed by atoms with Gasteiger partial charge < -0.3 is 0 Å². The minimum absolute atomic E-state index is 1.15. The molecule has 0 bridgehead atoms. The van der Waals surface area contributed by atoms with Crippen LogP contribution in [0, 0.1) is 0 Å². The van der Waals surface area contributed by atoms with Crippen LogP contribution in [0.4, 0.5) is 13.2 Å². The van der Waals surface area contributed by atoms with Crippen molar-refractivity contribution in [3.05, 3.63) is 18.7 Å². The molecular formula is C9H17F3N3O2S+. The fourth-order valence-electron chi connectivity index (χ4n) is 0.975. The number of aromatic nitrogens is 2. The van der Waals surface area contributed by atoms with Gasteiger partial charge in [0, 0.05) is 0 Å². The van der Waals surface area contributed by atoms with Gasteiger partial charge in [-0.05, 0) is 6.42 Å². The Morgan fingerprint density at radius 1 is 1.39 bits per heavy atom. The second-order valence-electron chi connectivity index (χ2n) is 3.66. The standard InChI is InChI=1S/C8H15N2.CH2F3NO2S/c1-3-4-5-10-7-6-9(2)8-10;2-1(3,4)8(5,6)7/h6-8H,3-5H2,1-2H3;(H2,5,6,7)/q+1;. The van der Waals surface area contributed by atoms with Crippen molar-refractivity contribution in [3.8, 4) is 0 Å². The van der Waals surface area contributed by atoms with Gasteiger partial charge in [-0.2, -0.15) is 13.2 Å². The van der Waals surface area contributed by atoms with Crippen LogP contribution in [0.1, 0.15) is 19.8 Å². The van der Waals surface area contributed by atoms with Crippen LogP contribution >= 0.6 is 0 Å². The van der Waals surface area contributed by atoms with Gasteiger partial charge in [-0.15, -0.1) is 0 Å². The predicted molar refractivity (Wildman–Crippen MR) is 59.7 cm³/mol. The van der Waals surface area contributed by atoms with E-state index in [-0.39, 0.29) is 0 Å². The van der Waals surface area contributed by atoms with E-state index in [4.69, 9.17) is 0 Å². The van der Waals surface area contributed by atoms with Crippen molar-refractivity contribution in [1.82, 2.24) is 4.57 Å². The number of halogens is 3. The van der Waals surface area contributed by atoms with Crippen molar-refractivity contribution >= 4 is 10.0 Å². The van der Waals surface area contributed by atoms with Crippen LogP contribution in [-0.4, -0.2) is 18.5 Å². The van der Waals surface area contributed by atoms with Gasteiger partial charge in [-0.1, -0.05) is 13.3 Å². The summed E-state index contributed by atoms with van der Waals surface area (Å²) in [4.78, 5) is 0. The molecule has 0 saturated heterocycles. The molecule has 0 aliphatic carbocycles. The number of sulfonamides is 1. The van der Waals surface area contributed by atoms with Gasteiger partial charge in [0.1, 0.15) is 12.4 Å². The lowest BCUT2D eigenvalue weighted by atomic mass is 10.3. The zero-order chi connectivity index (χ0) is 14.4. The molecule has 0 spiro atoms. The quantitative estimate of drug-likeness (QED) is 0.840. The van der Waals surface area contributed by atoms with E-state index in [9.17, 15) is 21.6 Å². The van der Waals surface area contributed by atoms with E-state index in [0.717, 1.165) is 6.54 Å². The number of unbranched alkanes of at least 4 members (excludes halogenated alkanes) is 1. The molecule has 0 fully saturated rings. The van der Waals surface area contributed by atoms with Crippen LogP contribution in [0.25, 0.3) is 0 Å². The number of primary sulfonamides is 1. The molecule has 0 aliphatic heterocycles. The smallest absolute Gasteiger partial charge is 0.240 e. The molecule has 0 amide bonds. The molecule has 1 aromatic heterocycles. The lowest BCUT2D eigenvalue weighted by Crippen LogP contribution is -2.30. The maximum absolute atomic E-state index is 10.8. The highest BCUT2D eigenvalue weighted by Gasteiger charge is 2.42. The number of rotatable bonds is 3. The minimum atomic E-state index is -5.34. The van der Waals surface area contributed by atoms with E-state index in [1.165, 1.54) is 12.8 Å². The van der Waals surface area contributed by atoms with Gasteiger partial charge in [0.15, 0.2) is 0 Å². The predicted octanol–water partition coefficient (Wildman–Crippen LogP) is 0.907. The van der Waals surface area contributed by atoms with Gasteiger partial charge in [0.05, 0.1) is 13.6 Å². The lowest BCUT2D eigenvalue weighted by molar-refractivity contribution is -0.696. The summed E-state index contributed by atoms with van der Waals surface area (Å²) < 4.78 is 55.4. The van der Waals surface area contributed by atoms with E-state index in [2.05, 4.69) is 39.9 Å². The summed E-state index contributed by atoms with van der Waals surface area (Å²) in [6, 6.07) is 0. The van der Waals surface area contributed by atoms with Gasteiger partial charge >= 0.3 is 15.5 Å². The van der Waals surface area contributed by atoms with Crippen LogP contribution in [0.2, 0.25) is 0 Å². The zero-order valence-corrected chi connectivity index (χ0v) is 11.0. The SMILES string of the molecule is CCCC[n+]1ccn(C)c1.NS(=O)(=O)C(F)(F)F. The number of imidazole rings is 1. The second kappa shape index (κ2) is 6.74. The Bertz CT molecular complexity index is 454. The summed E-state index contributed by atoms with van der Waals surface area (Å²) in [5.74, 6) is 0. The molecule has 5 nitrogen and oxygen atoms in total. The zero-order valence-electron chi connectivity index (χ0n) is 10.2. The first-order valence-corrected chi connectivity index (χ1v) is 6.72. The Morgan fingerprint density at radius 3 is 2.17 bits per heavy atom. The average Bonchev–Trinajstić information content (AvgIpc) is 2.59. The van der Waals surface area contributed by atoms with Crippen LogP contribution < -0.4 is 9.71 Å². The number of nitrogens with two attached hydrogens (primary N) is 1. The first kappa shape index (κ1) is 16.9. The summed E-state index contributed by atoms with van der Waals surface area (Å²) in [5, 5.41) is 3.66. The van der Waals surface area contributed by atoms with E-state index >= 15 is 0 Å². The van der Waals surface area contributed by atoms with Crippen LogP contribution in [0.15, 0.2) is 18.7 Å². The highest BCUT2D eigenvalue weighted by molar-refractivity contribution is 7.90. The van der Waals surface area contributed by atoms with Gasteiger partial charge in [0.2, 0.25) is 6.33 Å². The third-order valence-corrected chi connectivity index (χ3v) is 2.56. The van der Waals surface area contributed by atoms with Crippen molar-refractivity contribution in [1.29, 1.82) is 0 Å². The van der Waals surface area contributed by atoms with Crippen molar-refractivity contribution in [2.24, 2.45) is 12.2 Å². The minimum Gasteiger partial charge on any atom is -0.240 e. The Balaban J connectivity index is 0.000000331. The first-order valence-electron chi connectivity index (χ1n) is 5.18. The lowest BCUT2D eigenvalue weighted by Gasteiger charge is -1.98. The Morgan fingerprint density at radius 2 is 1.89 bits per heavy atom. The first-order chi connectivity index (χ1) is 8.08. The summed E-state index contributed by atoms with van der Waals surface area (Å²) in [6.45, 7) is 3.36. The molecule has 18 heavy (non-hydrogen) atoms. The number of aryl methyl sites for hydroxylation is 2. The molecular weight excluding hydrogens is 271 g/mol. The third-order valence-electron chi connectivity index (χ3n) is 1.92. The largest absolute Gasteiger partial charge is 0.511 e. The fourth-order valence-corrected chi connectivity index (χ4v) is 0.975. The molecule has 0 saturated carbocycles. The molecule has 9 heteroatoms. The summed E-state index contributed by atoms with van der Waals surface area (Å²) in [5.41, 5.74) is -5.31. The van der Waals surface area contributed by atoms with Crippen LogP contribution in [-0.2, 0) is 23.6 Å². The number of hydrogen-bond donors (Lipinski definition) is 1. The molecule has 2 N–H and O–H groups in total. The van der Waals surface area contributed by atoms with Crippen molar-refractivity contribution in [3.63, 3.8) is 0 Å². The maximum atomic E-state index is 10.8. The molecule has 0 radical (unpaired) electrons. The van der Waals surface area contributed by atoms with Gasteiger partial charge in [0.25, 0.3) is 0 Å². The number of hydrogen-bond acceptors (Lipinski definition) is 2. The van der Waals surface area contributed by atoms with Crippen molar-refractivity contribution in [2.75, 3.05) is 0 Å². The van der Waals surface area contributed by atoms with Crippen molar-refractivity contribution in [2.45, 2.75) is 31.8 Å². The maximum Gasteiger partial charge on any atom is 0.511 e. The third kappa shape index (κ3) is 6.60. The topological polar surface area (TPSA) is 69.0 Å². The second-order valence-corrected chi connectivity index (χ2v) is 5.21. The van der Waals surface area contributed by atoms with Crippen LogP contribution in [0.3, 0.4) is 0 Å². The van der Waals surface area contributed by atoms with Gasteiger partial charge in [-0.25, -0.2) is 22.7 Å². The van der Waals surface area contributed by atoms with E-state index in [0.29, 0.717) is 0 Å². The fraction of sp³-hybridized carbons (Fsp3) is 0.667. The molecule has 1 heterocycles.